The van der Waals surface area contributed by atoms with Crippen molar-refractivity contribution in [1.82, 2.24) is 14.6 Å². The van der Waals surface area contributed by atoms with Crippen LogP contribution >= 0.6 is 7.82 Å². The minimum Gasteiger partial charge on any atom is -0.478 e. The second-order valence-corrected chi connectivity index (χ2v) is 15.5. The zero-order valence-corrected chi connectivity index (χ0v) is 32.5. The number of aliphatic hydroxyl groups is 2. The standard InChI is InChI=1S/C38H57N6O10P/c1-2-3-4-5-6-7-8-9-10-11-12-13-14-17-22-51-23-28(43-30-19-16-15-18-29(30)37(47)48)24-52-55(49,50)53-25-32-34(45)35(46)38(26-39,54-32)33-21-20-31-36(40)41-27-42-44(31)33/h15-16,18-21,27-28,32,34-35,43,45-46H,2-14,17,22-25H2,1H3,(H,47,48)(H,49,50)(H2,40,41,42)/t28-,32-,34-,35-,38+/m1/s1. The molecule has 16 nitrogen and oxygen atoms in total. The number of rotatable bonds is 27. The van der Waals surface area contributed by atoms with E-state index in [0.29, 0.717) is 12.1 Å². The van der Waals surface area contributed by atoms with E-state index in [1.54, 1.807) is 18.2 Å². The van der Waals surface area contributed by atoms with Crippen molar-refractivity contribution in [3.63, 3.8) is 0 Å². The number of para-hydroxylation sites is 1. The van der Waals surface area contributed by atoms with Gasteiger partial charge in [-0.3, -0.25) is 9.05 Å². The number of ether oxygens (including phenoxy) is 2. The predicted octanol–water partition coefficient (Wildman–Crippen LogP) is 5.96. The number of anilines is 2. The molecule has 2 aromatic heterocycles. The number of nitrogens with two attached hydrogens (primary N) is 1. The highest BCUT2D eigenvalue weighted by Gasteiger charge is 2.58. The number of aliphatic hydroxyl groups excluding tert-OH is 2. The van der Waals surface area contributed by atoms with E-state index in [1.807, 2.05) is 6.07 Å². The molecule has 304 valence electrons. The number of unbranched alkanes of at least 4 members (excludes halogenated alkanes) is 13. The summed E-state index contributed by atoms with van der Waals surface area (Å²) in [6, 6.07) is 10.3. The lowest BCUT2D eigenvalue weighted by molar-refractivity contribution is -0.0644. The number of phosphoric acid groups is 1. The van der Waals surface area contributed by atoms with Crippen LogP contribution in [0.15, 0.2) is 42.7 Å². The van der Waals surface area contributed by atoms with Crippen LogP contribution in [-0.4, -0.2) is 91.6 Å². The summed E-state index contributed by atoms with van der Waals surface area (Å²) in [4.78, 5) is 26.3. The third-order valence-corrected chi connectivity index (χ3v) is 10.8. The summed E-state index contributed by atoms with van der Waals surface area (Å²) in [7, 11) is -4.82. The minimum atomic E-state index is -4.82. The average molecular weight is 789 g/mol. The molecule has 0 aliphatic carbocycles. The molecule has 4 rings (SSSR count). The van der Waals surface area contributed by atoms with Gasteiger partial charge in [-0.2, -0.15) is 10.4 Å². The van der Waals surface area contributed by atoms with Crippen LogP contribution in [0, 0.1) is 11.3 Å². The number of carboxylic acids is 1. The smallest absolute Gasteiger partial charge is 0.472 e. The number of carboxylic acid groups (broad SMARTS) is 1. The Morgan fingerprint density at radius 2 is 1.64 bits per heavy atom. The Hall–Kier alpha value is -3.65. The van der Waals surface area contributed by atoms with E-state index >= 15 is 0 Å². The lowest BCUT2D eigenvalue weighted by atomic mass is 9.92. The van der Waals surface area contributed by atoms with Crippen molar-refractivity contribution in [2.75, 3.05) is 37.5 Å². The maximum Gasteiger partial charge on any atom is 0.472 e. The summed E-state index contributed by atoms with van der Waals surface area (Å²) in [5, 5.41) is 48.7. The van der Waals surface area contributed by atoms with Crippen LogP contribution in [0.5, 0.6) is 0 Å². The highest BCUT2D eigenvalue weighted by molar-refractivity contribution is 7.47. The van der Waals surface area contributed by atoms with Crippen LogP contribution in [0.1, 0.15) is 113 Å². The fourth-order valence-electron chi connectivity index (χ4n) is 6.71. The first kappa shape index (κ1) is 44.1. The van der Waals surface area contributed by atoms with Crippen LogP contribution in [-0.2, 0) is 28.7 Å². The highest BCUT2D eigenvalue weighted by Crippen LogP contribution is 2.46. The largest absolute Gasteiger partial charge is 0.478 e. The Morgan fingerprint density at radius 1 is 1.00 bits per heavy atom. The average Bonchev–Trinajstić information content (AvgIpc) is 3.72. The topological polar surface area (TPSA) is 244 Å². The molecular weight excluding hydrogens is 731 g/mol. The molecule has 1 saturated heterocycles. The normalized spacial score (nSPS) is 21.3. The highest BCUT2D eigenvalue weighted by atomic mass is 31.2. The van der Waals surface area contributed by atoms with Gasteiger partial charge in [0.05, 0.1) is 37.1 Å². The van der Waals surface area contributed by atoms with Crippen molar-refractivity contribution in [3.05, 3.63) is 54.0 Å². The molecule has 1 fully saturated rings. The van der Waals surface area contributed by atoms with Gasteiger partial charge in [-0.15, -0.1) is 0 Å². The monoisotopic (exact) mass is 788 g/mol. The molecule has 0 amide bonds. The second-order valence-electron chi connectivity index (χ2n) is 14.0. The Labute approximate surface area is 322 Å². The van der Waals surface area contributed by atoms with E-state index in [0.717, 1.165) is 25.6 Å². The van der Waals surface area contributed by atoms with E-state index in [9.17, 15) is 34.8 Å². The lowest BCUT2D eigenvalue weighted by Gasteiger charge is -2.24. The van der Waals surface area contributed by atoms with Gasteiger partial charge in [0.1, 0.15) is 36.2 Å². The summed E-state index contributed by atoms with van der Waals surface area (Å²) in [6.45, 7) is 1.57. The quantitative estimate of drug-likeness (QED) is 0.0385. The summed E-state index contributed by atoms with van der Waals surface area (Å²) < 4.78 is 36.4. The summed E-state index contributed by atoms with van der Waals surface area (Å²) in [5.74, 6) is -1.04. The number of fused-ring (bicyclic) bond motifs is 1. The number of carbonyl (C=O) groups is 1. The SMILES string of the molecule is CCCCCCCCCCCCCCCCOC[C@H](COP(=O)(O)OC[C@H]1O[C@@](C#N)(c2ccc3c(N)ncnn23)[C@H](O)[C@@H]1O)Nc1ccccc1C(=O)O. The Morgan fingerprint density at radius 3 is 2.27 bits per heavy atom. The number of nitrogens with one attached hydrogen (secondary N) is 1. The molecule has 1 aliphatic heterocycles. The van der Waals surface area contributed by atoms with Crippen molar-refractivity contribution >= 4 is 30.8 Å². The molecular formula is C38H57N6O10P. The molecule has 0 bridgehead atoms. The number of phosphoric ester groups is 1. The fourth-order valence-corrected chi connectivity index (χ4v) is 7.49. The van der Waals surface area contributed by atoms with Gasteiger partial charge in [-0.05, 0) is 30.7 Å². The Bertz CT molecular complexity index is 1720. The van der Waals surface area contributed by atoms with Gasteiger partial charge in [-0.1, -0.05) is 103 Å². The number of benzene rings is 1. The molecule has 17 heteroatoms. The summed E-state index contributed by atoms with van der Waals surface area (Å²) >= 11 is 0. The van der Waals surface area contributed by atoms with Gasteiger partial charge in [-0.25, -0.2) is 18.9 Å². The molecule has 0 radical (unpaired) electrons. The van der Waals surface area contributed by atoms with Crippen LogP contribution in [0.3, 0.4) is 0 Å². The Kier molecular flexibility index (Phi) is 17.8. The van der Waals surface area contributed by atoms with E-state index in [1.165, 1.54) is 93.3 Å². The molecule has 6 atom stereocenters. The number of aromatic nitrogens is 3. The van der Waals surface area contributed by atoms with E-state index in [-0.39, 0.29) is 29.4 Å². The van der Waals surface area contributed by atoms with Gasteiger partial charge in [0.15, 0.2) is 5.82 Å². The number of aromatic carboxylic acids is 1. The van der Waals surface area contributed by atoms with Crippen molar-refractivity contribution in [2.24, 2.45) is 0 Å². The van der Waals surface area contributed by atoms with Gasteiger partial charge in [0.2, 0.25) is 5.60 Å². The van der Waals surface area contributed by atoms with Gasteiger partial charge in [0, 0.05) is 12.3 Å². The van der Waals surface area contributed by atoms with Crippen molar-refractivity contribution in [1.29, 1.82) is 5.26 Å². The number of nitrogens with zero attached hydrogens (tertiary/aromatic N) is 4. The molecule has 1 aromatic carbocycles. The summed E-state index contributed by atoms with van der Waals surface area (Å²) in [6.07, 6.45) is 13.5. The van der Waals surface area contributed by atoms with Crippen molar-refractivity contribution in [2.45, 2.75) is 127 Å². The van der Waals surface area contributed by atoms with E-state index in [4.69, 9.17) is 24.3 Å². The first-order chi connectivity index (χ1) is 26.5. The van der Waals surface area contributed by atoms with Crippen molar-refractivity contribution in [3.8, 4) is 6.07 Å². The maximum absolute atomic E-state index is 13.0. The number of hydrogen-bond donors (Lipinski definition) is 6. The number of hydrogen-bond acceptors (Lipinski definition) is 13. The maximum atomic E-state index is 13.0. The molecule has 3 aromatic rings. The van der Waals surface area contributed by atoms with Crippen molar-refractivity contribution < 1.29 is 48.1 Å². The zero-order valence-electron chi connectivity index (χ0n) is 31.6. The molecule has 55 heavy (non-hydrogen) atoms. The third-order valence-electron chi connectivity index (χ3n) is 9.81. The lowest BCUT2D eigenvalue weighted by Crippen LogP contribution is -2.41. The van der Waals surface area contributed by atoms with Crippen LogP contribution in [0.2, 0.25) is 0 Å². The predicted molar refractivity (Wildman–Crippen MR) is 205 cm³/mol. The minimum absolute atomic E-state index is 0.000257. The van der Waals surface area contributed by atoms with Crippen LogP contribution < -0.4 is 11.1 Å². The molecule has 3 heterocycles. The van der Waals surface area contributed by atoms with E-state index < -0.39 is 57.0 Å². The molecule has 1 aliphatic rings. The first-order valence-electron chi connectivity index (χ1n) is 19.3. The number of nitrogen functional groups attached to an aromatic ring is 1. The van der Waals surface area contributed by atoms with Crippen LogP contribution in [0.25, 0.3) is 5.52 Å². The van der Waals surface area contributed by atoms with Crippen LogP contribution in [0.4, 0.5) is 11.5 Å². The van der Waals surface area contributed by atoms with Gasteiger partial charge >= 0.3 is 13.8 Å². The van der Waals surface area contributed by atoms with Gasteiger partial charge < -0.3 is 40.7 Å². The Balaban J connectivity index is 1.24. The van der Waals surface area contributed by atoms with E-state index in [2.05, 4.69) is 22.3 Å². The molecule has 7 N–H and O–H groups in total. The number of nitriles is 1. The first-order valence-corrected chi connectivity index (χ1v) is 20.8. The fraction of sp³-hybridized carbons (Fsp3) is 0.632. The molecule has 0 saturated carbocycles. The van der Waals surface area contributed by atoms with Gasteiger partial charge in [0.25, 0.3) is 0 Å². The second kappa shape index (κ2) is 22.2. The summed E-state index contributed by atoms with van der Waals surface area (Å²) in [5.41, 5.74) is 4.43. The molecule has 0 spiro atoms. The molecule has 1 unspecified atom stereocenters. The zero-order chi connectivity index (χ0) is 39.7. The third kappa shape index (κ3) is 12.7.